The number of halogens is 1. The van der Waals surface area contributed by atoms with Gasteiger partial charge in [0.15, 0.2) is 0 Å². The molecule has 3 heteroatoms. The minimum absolute atomic E-state index is 0.461. The summed E-state index contributed by atoms with van der Waals surface area (Å²) in [5.41, 5.74) is 1.35. The molecule has 0 radical (unpaired) electrons. The van der Waals surface area contributed by atoms with Crippen LogP contribution in [0.5, 0.6) is 0 Å². The number of hydrogen-bond acceptors (Lipinski definition) is 2. The molecule has 0 aliphatic carbocycles. The van der Waals surface area contributed by atoms with Gasteiger partial charge in [0.2, 0.25) is 0 Å². The summed E-state index contributed by atoms with van der Waals surface area (Å²) in [5.74, 6) is 1.24. The molecule has 0 amide bonds. The molecule has 1 fully saturated rings. The SMILES string of the molecule is CCC(NC1CSC(C)C1)c1ccc(Cl)cc1. The molecule has 0 bridgehead atoms. The standard InChI is InChI=1S/C14H20ClNS/c1-3-14(11-4-6-12(15)7-5-11)16-13-8-10(2)17-9-13/h4-7,10,13-14,16H,3,8-9H2,1-2H3. The van der Waals surface area contributed by atoms with Crippen LogP contribution in [0.1, 0.15) is 38.3 Å². The molecular formula is C14H20ClNS. The summed E-state index contributed by atoms with van der Waals surface area (Å²) < 4.78 is 0. The molecule has 0 spiro atoms. The highest BCUT2D eigenvalue weighted by Crippen LogP contribution is 2.28. The number of thioether (sulfide) groups is 1. The van der Waals surface area contributed by atoms with E-state index >= 15 is 0 Å². The maximum Gasteiger partial charge on any atom is 0.0406 e. The predicted molar refractivity (Wildman–Crippen MR) is 77.9 cm³/mol. The van der Waals surface area contributed by atoms with Gasteiger partial charge in [-0.15, -0.1) is 0 Å². The van der Waals surface area contributed by atoms with Gasteiger partial charge in [-0.3, -0.25) is 0 Å². The van der Waals surface area contributed by atoms with Gasteiger partial charge >= 0.3 is 0 Å². The summed E-state index contributed by atoms with van der Waals surface area (Å²) in [4.78, 5) is 0. The first kappa shape index (κ1) is 13.3. The quantitative estimate of drug-likeness (QED) is 0.876. The van der Waals surface area contributed by atoms with E-state index in [9.17, 15) is 0 Å². The molecule has 1 saturated heterocycles. The van der Waals surface area contributed by atoms with Crippen molar-refractivity contribution >= 4 is 23.4 Å². The van der Waals surface area contributed by atoms with Gasteiger partial charge in [0.05, 0.1) is 0 Å². The van der Waals surface area contributed by atoms with Crippen molar-refractivity contribution in [3.8, 4) is 0 Å². The summed E-state index contributed by atoms with van der Waals surface area (Å²) in [6.07, 6.45) is 2.41. The monoisotopic (exact) mass is 269 g/mol. The molecule has 2 rings (SSSR count). The molecule has 0 saturated carbocycles. The van der Waals surface area contributed by atoms with Crippen LogP contribution < -0.4 is 5.32 Å². The molecule has 3 atom stereocenters. The Kier molecular flexibility index (Phi) is 4.78. The average Bonchev–Trinajstić information content (AvgIpc) is 2.73. The second-order valence-corrected chi connectivity index (χ2v) is 6.66. The van der Waals surface area contributed by atoms with Crippen molar-refractivity contribution in [2.75, 3.05) is 5.75 Å². The second kappa shape index (κ2) is 6.12. The first-order valence-electron chi connectivity index (χ1n) is 6.32. The molecule has 1 aliphatic rings. The minimum atomic E-state index is 0.461. The highest BCUT2D eigenvalue weighted by molar-refractivity contribution is 8.00. The summed E-state index contributed by atoms with van der Waals surface area (Å²) in [6, 6.07) is 9.35. The van der Waals surface area contributed by atoms with E-state index in [1.54, 1.807) is 0 Å². The van der Waals surface area contributed by atoms with Crippen molar-refractivity contribution in [2.45, 2.75) is 44.0 Å². The maximum absolute atomic E-state index is 5.93. The third-order valence-corrected chi connectivity index (χ3v) is 4.92. The molecule has 0 aromatic heterocycles. The Labute approximate surface area is 113 Å². The minimum Gasteiger partial charge on any atom is -0.306 e. The smallest absolute Gasteiger partial charge is 0.0406 e. The van der Waals surface area contributed by atoms with Crippen LogP contribution in [-0.2, 0) is 0 Å². The van der Waals surface area contributed by atoms with Gasteiger partial charge in [-0.1, -0.05) is 37.6 Å². The Morgan fingerprint density at radius 3 is 2.65 bits per heavy atom. The van der Waals surface area contributed by atoms with Crippen molar-refractivity contribution in [3.05, 3.63) is 34.9 Å². The fourth-order valence-electron chi connectivity index (χ4n) is 2.36. The van der Waals surface area contributed by atoms with Crippen LogP contribution in [0.15, 0.2) is 24.3 Å². The van der Waals surface area contributed by atoms with Crippen molar-refractivity contribution in [3.63, 3.8) is 0 Å². The lowest BCUT2D eigenvalue weighted by Crippen LogP contribution is -2.32. The molecule has 1 heterocycles. The van der Waals surface area contributed by atoms with Crippen LogP contribution >= 0.6 is 23.4 Å². The Balaban J connectivity index is 1.98. The highest BCUT2D eigenvalue weighted by atomic mass is 35.5. The van der Waals surface area contributed by atoms with Crippen molar-refractivity contribution in [1.29, 1.82) is 0 Å². The summed E-state index contributed by atoms with van der Waals surface area (Å²) in [7, 11) is 0. The van der Waals surface area contributed by atoms with Crippen LogP contribution in [0.25, 0.3) is 0 Å². The highest BCUT2D eigenvalue weighted by Gasteiger charge is 2.24. The zero-order valence-electron chi connectivity index (χ0n) is 10.4. The first-order chi connectivity index (χ1) is 8.19. The third-order valence-electron chi connectivity index (χ3n) is 3.32. The van der Waals surface area contributed by atoms with E-state index in [0.717, 1.165) is 16.7 Å². The summed E-state index contributed by atoms with van der Waals surface area (Å²) in [5, 5.41) is 5.38. The van der Waals surface area contributed by atoms with E-state index in [-0.39, 0.29) is 0 Å². The molecule has 1 aliphatic heterocycles. The molecule has 94 valence electrons. The maximum atomic E-state index is 5.93. The Morgan fingerprint density at radius 1 is 1.41 bits per heavy atom. The molecule has 1 aromatic rings. The number of benzene rings is 1. The normalized spacial score (nSPS) is 26.1. The summed E-state index contributed by atoms with van der Waals surface area (Å²) in [6.45, 7) is 4.55. The molecular weight excluding hydrogens is 250 g/mol. The van der Waals surface area contributed by atoms with E-state index in [2.05, 4.69) is 43.1 Å². The lowest BCUT2D eigenvalue weighted by molar-refractivity contribution is 0.442. The van der Waals surface area contributed by atoms with Crippen LogP contribution in [0.2, 0.25) is 5.02 Å². The fraction of sp³-hybridized carbons (Fsp3) is 0.571. The van der Waals surface area contributed by atoms with E-state index in [4.69, 9.17) is 11.6 Å². The van der Waals surface area contributed by atoms with Gasteiger partial charge in [-0.05, 0) is 30.5 Å². The van der Waals surface area contributed by atoms with Gasteiger partial charge < -0.3 is 5.32 Å². The van der Waals surface area contributed by atoms with Crippen LogP contribution in [0.3, 0.4) is 0 Å². The predicted octanol–water partition coefficient (Wildman–Crippen LogP) is 4.27. The largest absolute Gasteiger partial charge is 0.306 e. The summed E-state index contributed by atoms with van der Waals surface area (Å²) >= 11 is 8.00. The van der Waals surface area contributed by atoms with Crippen LogP contribution in [0, 0.1) is 0 Å². The van der Waals surface area contributed by atoms with Gasteiger partial charge in [0, 0.05) is 28.1 Å². The Bertz CT molecular complexity index is 352. The fourth-order valence-corrected chi connectivity index (χ4v) is 3.65. The molecule has 17 heavy (non-hydrogen) atoms. The van der Waals surface area contributed by atoms with Gasteiger partial charge in [0.1, 0.15) is 0 Å². The number of hydrogen-bond donors (Lipinski definition) is 1. The molecule has 1 nitrogen and oxygen atoms in total. The van der Waals surface area contributed by atoms with Crippen molar-refractivity contribution < 1.29 is 0 Å². The lowest BCUT2D eigenvalue weighted by atomic mass is 10.0. The molecule has 1 aromatic carbocycles. The zero-order chi connectivity index (χ0) is 12.3. The molecule has 3 unspecified atom stereocenters. The van der Waals surface area contributed by atoms with E-state index in [0.29, 0.717) is 12.1 Å². The third kappa shape index (κ3) is 3.64. The first-order valence-corrected chi connectivity index (χ1v) is 7.74. The Morgan fingerprint density at radius 2 is 2.12 bits per heavy atom. The number of rotatable bonds is 4. The second-order valence-electron chi connectivity index (χ2n) is 4.76. The van der Waals surface area contributed by atoms with Crippen LogP contribution in [-0.4, -0.2) is 17.0 Å². The van der Waals surface area contributed by atoms with E-state index in [1.165, 1.54) is 17.7 Å². The number of nitrogens with one attached hydrogen (secondary N) is 1. The van der Waals surface area contributed by atoms with Gasteiger partial charge in [-0.2, -0.15) is 11.8 Å². The van der Waals surface area contributed by atoms with Crippen LogP contribution in [0.4, 0.5) is 0 Å². The zero-order valence-corrected chi connectivity index (χ0v) is 12.0. The lowest BCUT2D eigenvalue weighted by Gasteiger charge is -2.22. The van der Waals surface area contributed by atoms with Gasteiger partial charge in [0.25, 0.3) is 0 Å². The van der Waals surface area contributed by atoms with E-state index in [1.807, 2.05) is 12.1 Å². The van der Waals surface area contributed by atoms with Crippen molar-refractivity contribution in [2.24, 2.45) is 0 Å². The van der Waals surface area contributed by atoms with Gasteiger partial charge in [-0.25, -0.2) is 0 Å². The topological polar surface area (TPSA) is 12.0 Å². The Hall–Kier alpha value is -0.180. The van der Waals surface area contributed by atoms with E-state index < -0.39 is 0 Å². The molecule has 1 N–H and O–H groups in total. The van der Waals surface area contributed by atoms with Crippen molar-refractivity contribution in [1.82, 2.24) is 5.32 Å². The average molecular weight is 270 g/mol.